The number of hydrogen-bond donors (Lipinski definition) is 1. The van der Waals surface area contributed by atoms with E-state index in [9.17, 15) is 14.4 Å². The van der Waals surface area contributed by atoms with Crippen molar-refractivity contribution in [3.63, 3.8) is 0 Å². The molecule has 0 saturated carbocycles. The third-order valence-electron chi connectivity index (χ3n) is 6.74. The summed E-state index contributed by atoms with van der Waals surface area (Å²) in [5, 5.41) is 2.37. The van der Waals surface area contributed by atoms with Crippen molar-refractivity contribution in [3.05, 3.63) is 24.3 Å². The minimum Gasteiger partial charge on any atom is -0.444 e. The molecule has 0 atom stereocenters. The van der Waals surface area contributed by atoms with E-state index in [1.165, 1.54) is 5.69 Å². The van der Waals surface area contributed by atoms with Gasteiger partial charge in [0, 0.05) is 70.2 Å². The third-order valence-corrected chi connectivity index (χ3v) is 6.74. The number of urea groups is 1. The Bertz CT molecular complexity index is 882. The molecule has 4 amide bonds. The van der Waals surface area contributed by atoms with Gasteiger partial charge in [-0.05, 0) is 63.8 Å². The van der Waals surface area contributed by atoms with Crippen molar-refractivity contribution in [1.82, 2.24) is 15.1 Å². The van der Waals surface area contributed by atoms with Crippen LogP contribution in [0.15, 0.2) is 24.3 Å². The fourth-order valence-corrected chi connectivity index (χ4v) is 4.83. The number of anilines is 2. The molecule has 1 N–H and O–H groups in total. The number of piperidine rings is 1. The van der Waals surface area contributed by atoms with Crippen LogP contribution < -0.4 is 15.1 Å². The number of nitrogens with one attached hydrogen (secondary N) is 1. The van der Waals surface area contributed by atoms with E-state index < -0.39 is 5.60 Å². The summed E-state index contributed by atoms with van der Waals surface area (Å²) in [6.45, 7) is 12.5. The van der Waals surface area contributed by atoms with E-state index in [1.54, 1.807) is 4.90 Å². The zero-order valence-electron chi connectivity index (χ0n) is 20.6. The monoisotopic (exact) mass is 471 g/mol. The summed E-state index contributed by atoms with van der Waals surface area (Å²) in [7, 11) is 0. The van der Waals surface area contributed by atoms with Crippen molar-refractivity contribution >= 4 is 29.4 Å². The van der Waals surface area contributed by atoms with Gasteiger partial charge in [-0.2, -0.15) is 0 Å². The summed E-state index contributed by atoms with van der Waals surface area (Å²) in [5.74, 6) is 0.448. The smallest absolute Gasteiger partial charge is 0.410 e. The Hall–Kier alpha value is -2.81. The second kappa shape index (κ2) is 10.2. The van der Waals surface area contributed by atoms with Gasteiger partial charge in [0.2, 0.25) is 5.91 Å². The van der Waals surface area contributed by atoms with Gasteiger partial charge in [-0.25, -0.2) is 9.59 Å². The Balaban J connectivity index is 1.20. The van der Waals surface area contributed by atoms with E-state index in [2.05, 4.69) is 27.2 Å². The number of imide groups is 1. The summed E-state index contributed by atoms with van der Waals surface area (Å²) in [5.41, 5.74) is 1.53. The Morgan fingerprint density at radius 3 is 2.15 bits per heavy atom. The molecule has 4 rings (SSSR count). The third kappa shape index (κ3) is 6.20. The predicted molar refractivity (Wildman–Crippen MR) is 131 cm³/mol. The first-order valence-corrected chi connectivity index (χ1v) is 12.3. The van der Waals surface area contributed by atoms with Crippen molar-refractivity contribution < 1.29 is 19.1 Å². The van der Waals surface area contributed by atoms with Crippen LogP contribution in [0.2, 0.25) is 0 Å². The molecule has 0 unspecified atom stereocenters. The van der Waals surface area contributed by atoms with Gasteiger partial charge in [-0.1, -0.05) is 0 Å². The predicted octanol–water partition coefficient (Wildman–Crippen LogP) is 2.90. The molecule has 0 spiro atoms. The molecule has 186 valence electrons. The highest BCUT2D eigenvalue weighted by Crippen LogP contribution is 2.27. The highest BCUT2D eigenvalue weighted by Gasteiger charge is 2.28. The topological polar surface area (TPSA) is 85.4 Å². The number of carbonyl (C=O) groups is 3. The molecular weight excluding hydrogens is 434 g/mol. The lowest BCUT2D eigenvalue weighted by Crippen LogP contribution is -2.51. The molecule has 9 heteroatoms. The molecular formula is C25H37N5O4. The van der Waals surface area contributed by atoms with Gasteiger partial charge in [-0.15, -0.1) is 0 Å². The molecule has 1 aromatic rings. The minimum absolute atomic E-state index is 0.208. The lowest BCUT2D eigenvalue weighted by atomic mass is 9.95. The van der Waals surface area contributed by atoms with Crippen LogP contribution in [-0.2, 0) is 9.53 Å². The van der Waals surface area contributed by atoms with Crippen LogP contribution >= 0.6 is 0 Å². The van der Waals surface area contributed by atoms with E-state index in [4.69, 9.17) is 4.74 Å². The summed E-state index contributed by atoms with van der Waals surface area (Å²) in [6, 6.07) is 7.70. The molecule has 3 fully saturated rings. The van der Waals surface area contributed by atoms with Gasteiger partial charge in [0.1, 0.15) is 5.60 Å². The molecule has 0 bridgehead atoms. The van der Waals surface area contributed by atoms with Crippen LogP contribution in [0.3, 0.4) is 0 Å². The largest absolute Gasteiger partial charge is 0.444 e. The highest BCUT2D eigenvalue weighted by molar-refractivity contribution is 6.05. The number of hydrogen-bond acceptors (Lipinski definition) is 6. The molecule has 9 nitrogen and oxygen atoms in total. The molecule has 34 heavy (non-hydrogen) atoms. The van der Waals surface area contributed by atoms with E-state index in [1.807, 2.05) is 37.8 Å². The fourth-order valence-electron chi connectivity index (χ4n) is 4.83. The van der Waals surface area contributed by atoms with Crippen molar-refractivity contribution in [1.29, 1.82) is 0 Å². The van der Waals surface area contributed by atoms with Crippen molar-refractivity contribution in [2.24, 2.45) is 5.92 Å². The van der Waals surface area contributed by atoms with Gasteiger partial charge in [0.25, 0.3) is 0 Å². The highest BCUT2D eigenvalue weighted by atomic mass is 16.6. The van der Waals surface area contributed by atoms with Gasteiger partial charge in [0.15, 0.2) is 0 Å². The minimum atomic E-state index is -0.453. The zero-order chi connectivity index (χ0) is 24.3. The maximum Gasteiger partial charge on any atom is 0.410 e. The SMILES string of the molecule is CC(C)(C)OC(=O)N1CCN(CC2CCN(c3ccc(N4CCC(=O)NC4=O)cc3)CC2)CC1. The van der Waals surface area contributed by atoms with E-state index in [-0.39, 0.29) is 18.0 Å². The molecule has 1 aromatic carbocycles. The summed E-state index contributed by atoms with van der Waals surface area (Å²) in [6.07, 6.45) is 2.41. The quantitative estimate of drug-likeness (QED) is 0.727. The molecule has 3 heterocycles. The number of amides is 4. The van der Waals surface area contributed by atoms with Crippen LogP contribution in [0.5, 0.6) is 0 Å². The molecule has 0 aliphatic carbocycles. The van der Waals surface area contributed by atoms with Crippen LogP contribution in [0, 0.1) is 5.92 Å². The van der Waals surface area contributed by atoms with Gasteiger partial charge in [-0.3, -0.25) is 19.9 Å². The standard InChI is InChI=1S/C25H37N5O4/c1-25(2,3)34-24(33)29-16-14-27(15-17-29)18-19-8-11-28(12-9-19)20-4-6-21(7-5-20)30-13-10-22(31)26-23(30)32/h4-7,19H,8-18H2,1-3H3,(H,26,31,32). The number of piperazine rings is 1. The van der Waals surface area contributed by atoms with Gasteiger partial charge in [0.05, 0.1) is 0 Å². The average molecular weight is 472 g/mol. The van der Waals surface area contributed by atoms with Crippen LogP contribution in [0.1, 0.15) is 40.0 Å². The van der Waals surface area contributed by atoms with Crippen molar-refractivity contribution in [2.45, 2.75) is 45.6 Å². The van der Waals surface area contributed by atoms with Crippen LogP contribution in [0.4, 0.5) is 21.0 Å². The average Bonchev–Trinajstić information content (AvgIpc) is 2.79. The normalized spacial score (nSPS) is 21.0. The Labute approximate surface area is 202 Å². The summed E-state index contributed by atoms with van der Waals surface area (Å²) in [4.78, 5) is 44.0. The van der Waals surface area contributed by atoms with Crippen LogP contribution in [-0.4, -0.2) is 85.8 Å². The Kier molecular flexibility index (Phi) is 7.30. The maximum atomic E-state index is 12.3. The summed E-state index contributed by atoms with van der Waals surface area (Å²) < 4.78 is 5.49. The maximum absolute atomic E-state index is 12.3. The van der Waals surface area contributed by atoms with E-state index in [0.717, 1.165) is 64.3 Å². The first kappa shape index (κ1) is 24.3. The van der Waals surface area contributed by atoms with Crippen molar-refractivity contribution in [3.8, 4) is 0 Å². The number of ether oxygens (including phenoxy) is 1. The van der Waals surface area contributed by atoms with E-state index >= 15 is 0 Å². The molecule has 0 aromatic heterocycles. The second-order valence-electron chi connectivity index (χ2n) is 10.5. The lowest BCUT2D eigenvalue weighted by molar-refractivity contribution is -0.120. The number of benzene rings is 1. The Morgan fingerprint density at radius 2 is 1.56 bits per heavy atom. The summed E-state index contributed by atoms with van der Waals surface area (Å²) >= 11 is 0. The molecule has 0 radical (unpaired) electrons. The molecule has 3 saturated heterocycles. The number of nitrogens with zero attached hydrogens (tertiary/aromatic N) is 4. The first-order chi connectivity index (χ1) is 16.2. The van der Waals surface area contributed by atoms with Gasteiger partial charge >= 0.3 is 12.1 Å². The lowest BCUT2D eigenvalue weighted by Gasteiger charge is -2.39. The van der Waals surface area contributed by atoms with Crippen LogP contribution in [0.25, 0.3) is 0 Å². The zero-order valence-corrected chi connectivity index (χ0v) is 20.6. The molecule has 3 aliphatic rings. The Morgan fingerprint density at radius 1 is 0.941 bits per heavy atom. The van der Waals surface area contributed by atoms with Crippen molar-refractivity contribution in [2.75, 3.05) is 62.2 Å². The first-order valence-electron chi connectivity index (χ1n) is 12.3. The molecule has 3 aliphatic heterocycles. The fraction of sp³-hybridized carbons (Fsp3) is 0.640. The van der Waals surface area contributed by atoms with Gasteiger partial charge < -0.3 is 14.5 Å². The number of rotatable bonds is 4. The number of carbonyl (C=O) groups excluding carboxylic acids is 3. The second-order valence-corrected chi connectivity index (χ2v) is 10.5. The van der Waals surface area contributed by atoms with E-state index in [0.29, 0.717) is 18.9 Å².